The van der Waals surface area contributed by atoms with Gasteiger partial charge in [-0.2, -0.15) is 0 Å². The molecule has 1 fully saturated rings. The summed E-state index contributed by atoms with van der Waals surface area (Å²) in [4.78, 5) is 14.0. The van der Waals surface area contributed by atoms with E-state index in [1.807, 2.05) is 30.3 Å². The van der Waals surface area contributed by atoms with E-state index in [4.69, 9.17) is 16.3 Å². The van der Waals surface area contributed by atoms with E-state index in [9.17, 15) is 4.79 Å². The van der Waals surface area contributed by atoms with Crippen molar-refractivity contribution in [2.45, 2.75) is 17.2 Å². The van der Waals surface area contributed by atoms with Crippen LogP contribution >= 0.6 is 23.4 Å². The van der Waals surface area contributed by atoms with Crippen LogP contribution < -0.4 is 4.74 Å². The van der Waals surface area contributed by atoms with E-state index < -0.39 is 0 Å². The van der Waals surface area contributed by atoms with Gasteiger partial charge in [-0.05, 0) is 48.2 Å². The van der Waals surface area contributed by atoms with Crippen molar-refractivity contribution < 1.29 is 9.53 Å². The Hall–Kier alpha value is -1.45. The zero-order chi connectivity index (χ0) is 15.3. The Morgan fingerprint density at radius 2 is 2.00 bits per heavy atom. The van der Waals surface area contributed by atoms with Gasteiger partial charge >= 0.3 is 0 Å². The fourth-order valence-electron chi connectivity index (χ4n) is 3.33. The van der Waals surface area contributed by atoms with Crippen LogP contribution in [0.4, 0.5) is 0 Å². The van der Waals surface area contributed by atoms with E-state index in [1.54, 1.807) is 18.9 Å². The Kier molecular flexibility index (Phi) is 3.24. The van der Waals surface area contributed by atoms with Crippen LogP contribution in [0.25, 0.3) is 0 Å². The lowest BCUT2D eigenvalue weighted by atomic mass is 9.91. The number of benzene rings is 2. The molecule has 2 nitrogen and oxygen atoms in total. The van der Waals surface area contributed by atoms with Crippen LogP contribution in [0, 0.1) is 5.41 Å². The van der Waals surface area contributed by atoms with Crippen molar-refractivity contribution in [3.63, 3.8) is 0 Å². The number of rotatable bonds is 2. The van der Waals surface area contributed by atoms with Crippen LogP contribution in [0.2, 0.25) is 5.02 Å². The van der Waals surface area contributed by atoms with Gasteiger partial charge in [-0.3, -0.25) is 4.79 Å². The number of hydrogen-bond donors (Lipinski definition) is 0. The summed E-state index contributed by atoms with van der Waals surface area (Å²) in [6.45, 7) is 0. The van der Waals surface area contributed by atoms with E-state index in [-0.39, 0.29) is 11.2 Å². The van der Waals surface area contributed by atoms with Crippen LogP contribution in [0.1, 0.15) is 28.3 Å². The van der Waals surface area contributed by atoms with Crippen LogP contribution in [0.5, 0.6) is 5.75 Å². The maximum absolute atomic E-state index is 12.9. The lowest BCUT2D eigenvalue weighted by molar-refractivity contribution is 0.0905. The molecule has 2 unspecified atom stereocenters. The largest absolute Gasteiger partial charge is 0.497 e. The minimum atomic E-state index is -0.222. The molecule has 4 heteroatoms. The van der Waals surface area contributed by atoms with E-state index in [0.29, 0.717) is 10.9 Å². The molecule has 1 heterocycles. The first-order chi connectivity index (χ1) is 10.6. The van der Waals surface area contributed by atoms with Crippen molar-refractivity contribution in [2.75, 3.05) is 12.9 Å². The second-order valence-electron chi connectivity index (χ2n) is 5.94. The number of Topliss-reactive ketones (excluding diaryl/α,β-unsaturated/α-hetero) is 1. The molecule has 0 N–H and O–H groups in total. The number of hydrogen-bond acceptors (Lipinski definition) is 3. The molecule has 2 aromatic carbocycles. The highest BCUT2D eigenvalue weighted by Gasteiger charge is 2.61. The Bertz CT molecular complexity index is 756. The van der Waals surface area contributed by atoms with Crippen LogP contribution in [-0.2, 0) is 0 Å². The summed E-state index contributed by atoms with van der Waals surface area (Å²) in [7, 11) is 1.66. The highest BCUT2D eigenvalue weighted by molar-refractivity contribution is 7.99. The fourth-order valence-corrected chi connectivity index (χ4v) is 4.96. The second kappa shape index (κ2) is 5.04. The van der Waals surface area contributed by atoms with Gasteiger partial charge in [-0.1, -0.05) is 23.7 Å². The van der Waals surface area contributed by atoms with Crippen molar-refractivity contribution in [1.29, 1.82) is 0 Å². The number of ketones is 1. The maximum atomic E-state index is 12.9. The van der Waals surface area contributed by atoms with Gasteiger partial charge < -0.3 is 4.74 Å². The molecule has 2 aromatic rings. The third kappa shape index (κ3) is 2.07. The van der Waals surface area contributed by atoms with Crippen LogP contribution in [0.3, 0.4) is 0 Å². The Morgan fingerprint density at radius 3 is 2.73 bits per heavy atom. The maximum Gasteiger partial charge on any atom is 0.171 e. The smallest absolute Gasteiger partial charge is 0.171 e. The van der Waals surface area contributed by atoms with E-state index in [2.05, 4.69) is 12.1 Å². The van der Waals surface area contributed by atoms with Gasteiger partial charge in [0, 0.05) is 21.2 Å². The van der Waals surface area contributed by atoms with Gasteiger partial charge in [-0.25, -0.2) is 0 Å². The van der Waals surface area contributed by atoms with Crippen molar-refractivity contribution >= 4 is 29.1 Å². The topological polar surface area (TPSA) is 26.3 Å². The summed E-state index contributed by atoms with van der Waals surface area (Å²) < 4.78 is 5.20. The fraction of sp³-hybridized carbons (Fsp3) is 0.278. The molecule has 1 aliphatic heterocycles. The number of ether oxygens (including phenoxy) is 1. The average Bonchev–Trinajstić information content (AvgIpc) is 3.27. The monoisotopic (exact) mass is 330 g/mol. The molecule has 1 saturated carbocycles. The van der Waals surface area contributed by atoms with Crippen LogP contribution in [-0.4, -0.2) is 18.6 Å². The Morgan fingerprint density at radius 1 is 1.23 bits per heavy atom. The minimum absolute atomic E-state index is 0.222. The molecular weight excluding hydrogens is 316 g/mol. The predicted molar refractivity (Wildman–Crippen MR) is 89.3 cm³/mol. The third-order valence-electron chi connectivity index (χ3n) is 4.72. The zero-order valence-corrected chi connectivity index (χ0v) is 13.7. The van der Waals surface area contributed by atoms with Crippen molar-refractivity contribution in [2.24, 2.45) is 5.41 Å². The highest BCUT2D eigenvalue weighted by Crippen LogP contribution is 2.65. The van der Waals surface area contributed by atoms with Gasteiger partial charge in [0.2, 0.25) is 0 Å². The molecule has 0 radical (unpaired) electrons. The Balaban J connectivity index is 1.64. The summed E-state index contributed by atoms with van der Waals surface area (Å²) in [5, 5.41) is 0.692. The van der Waals surface area contributed by atoms with Crippen molar-refractivity contribution in [3.05, 3.63) is 58.6 Å². The van der Waals surface area contributed by atoms with E-state index >= 15 is 0 Å². The lowest BCUT2D eigenvalue weighted by Gasteiger charge is -2.24. The molecule has 1 aliphatic carbocycles. The van der Waals surface area contributed by atoms with Gasteiger partial charge in [0.25, 0.3) is 0 Å². The zero-order valence-electron chi connectivity index (χ0n) is 12.1. The number of thioether (sulfide) groups is 1. The number of fused-ring (bicyclic) bond motifs is 1. The number of methoxy groups -OCH3 is 1. The van der Waals surface area contributed by atoms with Gasteiger partial charge in [-0.15, -0.1) is 11.8 Å². The molecule has 0 amide bonds. The summed E-state index contributed by atoms with van der Waals surface area (Å²) in [6.07, 6.45) is 0.938. The normalized spacial score (nSPS) is 25.9. The molecule has 1 spiro atoms. The van der Waals surface area contributed by atoms with E-state index in [0.717, 1.165) is 28.4 Å². The second-order valence-corrected chi connectivity index (χ2v) is 7.40. The molecule has 0 aromatic heterocycles. The number of carbonyl (C=O) groups is 1. The first kappa shape index (κ1) is 14.2. The minimum Gasteiger partial charge on any atom is -0.497 e. The third-order valence-corrected chi connectivity index (χ3v) is 6.26. The Labute approximate surface area is 138 Å². The first-order valence-electron chi connectivity index (χ1n) is 7.25. The summed E-state index contributed by atoms with van der Waals surface area (Å²) >= 11 is 7.78. The van der Waals surface area contributed by atoms with Crippen LogP contribution in [0.15, 0.2) is 47.4 Å². The molecule has 0 bridgehead atoms. The van der Waals surface area contributed by atoms with Gasteiger partial charge in [0.15, 0.2) is 5.78 Å². The molecule has 4 rings (SSSR count). The quantitative estimate of drug-likeness (QED) is 0.790. The molecule has 112 valence electrons. The standard InChI is InChI=1S/C18H15ClO2S/c1-21-13-5-2-11(3-6-13)15-9-18(15)10-22-16-8-12(19)4-7-14(16)17(18)20/h2-8,15H,9-10H2,1H3. The molecule has 2 atom stereocenters. The highest BCUT2D eigenvalue weighted by atomic mass is 35.5. The summed E-state index contributed by atoms with van der Waals surface area (Å²) in [5.74, 6) is 2.29. The van der Waals surface area contributed by atoms with E-state index in [1.165, 1.54) is 5.56 Å². The predicted octanol–water partition coefficient (Wildman–Crippen LogP) is 4.81. The molecular formula is C18H15ClO2S. The lowest BCUT2D eigenvalue weighted by Crippen LogP contribution is -2.25. The molecule has 22 heavy (non-hydrogen) atoms. The molecule has 2 aliphatic rings. The number of carbonyl (C=O) groups excluding carboxylic acids is 1. The molecule has 0 saturated heterocycles. The van der Waals surface area contributed by atoms with Crippen molar-refractivity contribution in [1.82, 2.24) is 0 Å². The van der Waals surface area contributed by atoms with Crippen molar-refractivity contribution in [3.8, 4) is 5.75 Å². The summed E-state index contributed by atoms with van der Waals surface area (Å²) in [6, 6.07) is 13.7. The van der Waals surface area contributed by atoms with Gasteiger partial charge in [0.05, 0.1) is 12.5 Å². The summed E-state index contributed by atoms with van der Waals surface area (Å²) in [5.41, 5.74) is 1.84. The van der Waals surface area contributed by atoms with Gasteiger partial charge in [0.1, 0.15) is 5.75 Å². The number of halogens is 1. The SMILES string of the molecule is COc1ccc(C2CC23CSc2cc(Cl)ccc2C3=O)cc1. The average molecular weight is 331 g/mol. The first-order valence-corrected chi connectivity index (χ1v) is 8.61.